The molecule has 1 heterocycles. The van der Waals surface area contributed by atoms with Crippen molar-refractivity contribution in [3.8, 4) is 0 Å². The fourth-order valence-corrected chi connectivity index (χ4v) is 2.31. The van der Waals surface area contributed by atoms with E-state index in [-0.39, 0.29) is 11.4 Å². The quantitative estimate of drug-likeness (QED) is 0.805. The van der Waals surface area contributed by atoms with Crippen LogP contribution in [-0.4, -0.2) is 22.5 Å². The minimum Gasteiger partial charge on any atom is -0.364 e. The molecular weight excluding hydrogens is 216 g/mol. The van der Waals surface area contributed by atoms with E-state index in [4.69, 9.17) is 11.6 Å². The van der Waals surface area contributed by atoms with Gasteiger partial charge in [-0.2, -0.15) is 0 Å². The highest BCUT2D eigenvalue weighted by Crippen LogP contribution is 2.30. The van der Waals surface area contributed by atoms with Crippen LogP contribution < -0.4 is 5.32 Å². The molecule has 0 unspecified atom stereocenters. The first kappa shape index (κ1) is 10.5. The molecule has 15 heavy (non-hydrogen) atoms. The SMILES string of the molecule is O=C(NC1(CCl)CCCC1)c1ccon1. The molecular formula is C10H13ClN2O2. The van der Waals surface area contributed by atoms with E-state index >= 15 is 0 Å². The fourth-order valence-electron chi connectivity index (χ4n) is 1.98. The second-order valence-corrected chi connectivity index (χ2v) is 4.23. The molecule has 0 bridgehead atoms. The van der Waals surface area contributed by atoms with Gasteiger partial charge in [-0.3, -0.25) is 4.79 Å². The van der Waals surface area contributed by atoms with Crippen molar-refractivity contribution in [1.82, 2.24) is 10.5 Å². The van der Waals surface area contributed by atoms with Crippen LogP contribution in [0.3, 0.4) is 0 Å². The van der Waals surface area contributed by atoms with Crippen LogP contribution in [-0.2, 0) is 0 Å². The summed E-state index contributed by atoms with van der Waals surface area (Å²) < 4.78 is 4.62. The Labute approximate surface area is 93.0 Å². The second kappa shape index (κ2) is 4.23. The largest absolute Gasteiger partial charge is 0.364 e. The fraction of sp³-hybridized carbons (Fsp3) is 0.600. The highest BCUT2D eigenvalue weighted by atomic mass is 35.5. The Balaban J connectivity index is 2.04. The summed E-state index contributed by atoms with van der Waals surface area (Å²) in [5.74, 6) is 0.252. The number of aromatic nitrogens is 1. The number of hydrogen-bond donors (Lipinski definition) is 1. The Morgan fingerprint density at radius 1 is 1.60 bits per heavy atom. The number of carbonyl (C=O) groups excluding carboxylic acids is 1. The molecule has 1 aromatic heterocycles. The van der Waals surface area contributed by atoms with Crippen LogP contribution in [0.2, 0.25) is 0 Å². The molecule has 1 amide bonds. The van der Waals surface area contributed by atoms with E-state index in [1.165, 1.54) is 6.26 Å². The maximum atomic E-state index is 11.7. The van der Waals surface area contributed by atoms with Crippen molar-refractivity contribution in [2.24, 2.45) is 0 Å². The maximum Gasteiger partial charge on any atom is 0.273 e. The molecule has 0 spiro atoms. The van der Waals surface area contributed by atoms with Gasteiger partial charge in [-0.15, -0.1) is 11.6 Å². The number of rotatable bonds is 3. The Morgan fingerprint density at radius 3 is 2.87 bits per heavy atom. The van der Waals surface area contributed by atoms with Gasteiger partial charge in [0.05, 0.1) is 5.54 Å². The number of nitrogens with zero attached hydrogens (tertiary/aromatic N) is 1. The van der Waals surface area contributed by atoms with Crippen LogP contribution in [0.4, 0.5) is 0 Å². The van der Waals surface area contributed by atoms with Gasteiger partial charge in [0.15, 0.2) is 5.69 Å². The van der Waals surface area contributed by atoms with E-state index < -0.39 is 0 Å². The van der Waals surface area contributed by atoms with Gasteiger partial charge in [0.1, 0.15) is 6.26 Å². The normalized spacial score (nSPS) is 19.0. The summed E-state index contributed by atoms with van der Waals surface area (Å²) in [4.78, 5) is 11.7. The predicted octanol–water partition coefficient (Wildman–Crippen LogP) is 1.96. The molecule has 0 atom stereocenters. The van der Waals surface area contributed by atoms with Crippen LogP contribution in [0, 0.1) is 0 Å². The Bertz CT molecular complexity index is 331. The van der Waals surface area contributed by atoms with Gasteiger partial charge >= 0.3 is 0 Å². The third-order valence-corrected chi connectivity index (χ3v) is 3.38. The zero-order valence-corrected chi connectivity index (χ0v) is 9.09. The molecule has 0 aromatic carbocycles. The lowest BCUT2D eigenvalue weighted by Crippen LogP contribution is -2.48. The van der Waals surface area contributed by atoms with Crippen LogP contribution >= 0.6 is 11.6 Å². The third kappa shape index (κ3) is 2.15. The van der Waals surface area contributed by atoms with Gasteiger partial charge in [0.2, 0.25) is 0 Å². The minimum absolute atomic E-state index is 0.202. The number of halogens is 1. The number of amides is 1. The lowest BCUT2D eigenvalue weighted by Gasteiger charge is -2.27. The van der Waals surface area contributed by atoms with Gasteiger partial charge < -0.3 is 9.84 Å². The minimum atomic E-state index is -0.239. The molecule has 2 rings (SSSR count). The summed E-state index contributed by atoms with van der Waals surface area (Å²) in [6.45, 7) is 0. The molecule has 0 saturated heterocycles. The van der Waals surface area contributed by atoms with E-state index in [1.54, 1.807) is 6.07 Å². The number of nitrogens with one attached hydrogen (secondary N) is 1. The van der Waals surface area contributed by atoms with E-state index in [1.807, 2.05) is 0 Å². The Morgan fingerprint density at radius 2 is 2.33 bits per heavy atom. The van der Waals surface area contributed by atoms with Crippen molar-refractivity contribution in [3.63, 3.8) is 0 Å². The first-order chi connectivity index (χ1) is 7.26. The van der Waals surface area contributed by atoms with Crippen molar-refractivity contribution in [2.45, 2.75) is 31.2 Å². The molecule has 1 aromatic rings. The Kier molecular flexibility index (Phi) is 2.95. The lowest BCUT2D eigenvalue weighted by atomic mass is 10.0. The van der Waals surface area contributed by atoms with Crippen LogP contribution in [0.15, 0.2) is 16.9 Å². The summed E-state index contributed by atoms with van der Waals surface area (Å²) in [5, 5.41) is 6.54. The van der Waals surface area contributed by atoms with Gasteiger partial charge in [-0.25, -0.2) is 0 Å². The first-order valence-corrected chi connectivity index (χ1v) is 5.58. The smallest absolute Gasteiger partial charge is 0.273 e. The van der Waals surface area contributed by atoms with Crippen LogP contribution in [0.5, 0.6) is 0 Å². The van der Waals surface area contributed by atoms with Gasteiger partial charge in [-0.1, -0.05) is 18.0 Å². The standard InChI is InChI=1S/C10H13ClN2O2/c11-7-10(4-1-2-5-10)12-9(14)8-3-6-15-13-8/h3,6H,1-2,4-5,7H2,(H,12,14). The topological polar surface area (TPSA) is 55.1 Å². The molecule has 1 N–H and O–H groups in total. The summed E-state index contributed by atoms with van der Waals surface area (Å²) in [5.41, 5.74) is 0.0730. The van der Waals surface area contributed by atoms with E-state index in [2.05, 4.69) is 15.0 Å². The van der Waals surface area contributed by atoms with Crippen molar-refractivity contribution in [2.75, 3.05) is 5.88 Å². The average molecular weight is 229 g/mol. The summed E-state index contributed by atoms with van der Waals surface area (Å²) in [6, 6.07) is 1.55. The lowest BCUT2D eigenvalue weighted by molar-refractivity contribution is 0.0900. The van der Waals surface area contributed by atoms with E-state index in [9.17, 15) is 4.79 Å². The predicted molar refractivity (Wildman–Crippen MR) is 55.9 cm³/mol. The van der Waals surface area contributed by atoms with Gasteiger partial charge in [0.25, 0.3) is 5.91 Å². The molecule has 1 aliphatic rings. The monoisotopic (exact) mass is 228 g/mol. The zero-order valence-electron chi connectivity index (χ0n) is 8.33. The molecule has 0 aliphatic heterocycles. The summed E-state index contributed by atoms with van der Waals surface area (Å²) in [7, 11) is 0. The number of hydrogen-bond acceptors (Lipinski definition) is 3. The zero-order chi connectivity index (χ0) is 10.7. The average Bonchev–Trinajstić information content (AvgIpc) is 2.88. The molecule has 82 valence electrons. The van der Waals surface area contributed by atoms with Gasteiger partial charge in [-0.05, 0) is 12.8 Å². The second-order valence-electron chi connectivity index (χ2n) is 3.96. The van der Waals surface area contributed by atoms with Gasteiger partial charge in [0, 0.05) is 11.9 Å². The van der Waals surface area contributed by atoms with Crippen molar-refractivity contribution >= 4 is 17.5 Å². The molecule has 4 nitrogen and oxygen atoms in total. The highest BCUT2D eigenvalue weighted by Gasteiger charge is 2.35. The van der Waals surface area contributed by atoms with Crippen LogP contribution in [0.1, 0.15) is 36.2 Å². The molecule has 1 fully saturated rings. The molecule has 1 saturated carbocycles. The first-order valence-electron chi connectivity index (χ1n) is 5.05. The number of alkyl halides is 1. The van der Waals surface area contributed by atoms with Crippen molar-refractivity contribution in [3.05, 3.63) is 18.0 Å². The number of carbonyl (C=O) groups is 1. The van der Waals surface area contributed by atoms with Crippen LogP contribution in [0.25, 0.3) is 0 Å². The van der Waals surface area contributed by atoms with E-state index in [0.29, 0.717) is 11.6 Å². The summed E-state index contributed by atoms with van der Waals surface area (Å²) >= 11 is 5.91. The van der Waals surface area contributed by atoms with Crippen molar-refractivity contribution < 1.29 is 9.32 Å². The molecule has 1 aliphatic carbocycles. The molecule has 5 heteroatoms. The molecule has 0 radical (unpaired) electrons. The summed E-state index contributed by atoms with van der Waals surface area (Å²) in [6.07, 6.45) is 5.51. The highest BCUT2D eigenvalue weighted by molar-refractivity contribution is 6.19. The van der Waals surface area contributed by atoms with E-state index in [0.717, 1.165) is 25.7 Å². The third-order valence-electron chi connectivity index (χ3n) is 2.87. The Hall–Kier alpha value is -1.03. The van der Waals surface area contributed by atoms with Crippen molar-refractivity contribution in [1.29, 1.82) is 0 Å². The maximum absolute atomic E-state index is 11.7.